The molecule has 0 aromatic carbocycles. The van der Waals surface area contributed by atoms with Crippen molar-refractivity contribution in [2.45, 2.75) is 181 Å². The van der Waals surface area contributed by atoms with Gasteiger partial charge < -0.3 is 53.7 Å². The Kier molecular flexibility index (Phi) is 15.7. The van der Waals surface area contributed by atoms with E-state index < -0.39 is 102 Å². The van der Waals surface area contributed by atoms with Crippen molar-refractivity contribution in [2.75, 3.05) is 21.2 Å². The highest BCUT2D eigenvalue weighted by Crippen LogP contribution is 2.40. The molecule has 0 aromatic rings. The Morgan fingerprint density at radius 3 is 2.08 bits per heavy atom. The van der Waals surface area contributed by atoms with E-state index in [1.807, 2.05) is 39.8 Å². The van der Waals surface area contributed by atoms with E-state index in [0.717, 1.165) is 0 Å². The van der Waals surface area contributed by atoms with Gasteiger partial charge in [0.2, 0.25) is 0 Å². The van der Waals surface area contributed by atoms with Gasteiger partial charge in [-0.2, -0.15) is 0 Å². The Balaban J connectivity index is 2.19. The zero-order valence-corrected chi connectivity index (χ0v) is 34.1. The molecule has 3 heterocycles. The zero-order valence-electron chi connectivity index (χ0n) is 34.1. The van der Waals surface area contributed by atoms with E-state index in [0.29, 0.717) is 12.8 Å². The lowest BCUT2D eigenvalue weighted by Crippen LogP contribution is -2.60. The van der Waals surface area contributed by atoms with Crippen molar-refractivity contribution in [1.29, 1.82) is 0 Å². The number of aliphatic hydroxyl groups is 4. The van der Waals surface area contributed by atoms with Crippen molar-refractivity contribution in [3.05, 3.63) is 0 Å². The molecule has 304 valence electrons. The molecule has 3 aliphatic rings. The third kappa shape index (κ3) is 9.94. The Hall–Kier alpha value is -1.26. The van der Waals surface area contributed by atoms with E-state index in [9.17, 15) is 30.0 Å². The molecule has 4 N–H and O–H groups in total. The molecule has 0 saturated carbocycles. The number of hydrogen-bond acceptors (Lipinski definition) is 13. The summed E-state index contributed by atoms with van der Waals surface area (Å²) in [7, 11) is 5.24. The average Bonchev–Trinajstić information content (AvgIpc) is 3.08. The zero-order chi connectivity index (χ0) is 39.6. The average molecular weight is 746 g/mol. The summed E-state index contributed by atoms with van der Waals surface area (Å²) >= 11 is 0. The second-order valence-electron chi connectivity index (χ2n) is 17.1. The van der Waals surface area contributed by atoms with Gasteiger partial charge in [0.05, 0.1) is 47.6 Å². The molecule has 3 saturated heterocycles. The van der Waals surface area contributed by atoms with Crippen LogP contribution in [0.1, 0.15) is 102 Å². The molecule has 0 unspecified atom stereocenters. The molecule has 0 radical (unpaired) electrons. The van der Waals surface area contributed by atoms with E-state index in [-0.39, 0.29) is 36.7 Å². The minimum atomic E-state index is -1.73. The van der Waals surface area contributed by atoms with Crippen molar-refractivity contribution in [3.8, 4) is 0 Å². The van der Waals surface area contributed by atoms with Crippen molar-refractivity contribution < 1.29 is 58.4 Å². The van der Waals surface area contributed by atoms with Crippen LogP contribution in [-0.2, 0) is 38.0 Å². The van der Waals surface area contributed by atoms with E-state index in [4.69, 9.17) is 28.4 Å². The lowest BCUT2D eigenvalue weighted by molar-refractivity contribution is -0.317. The van der Waals surface area contributed by atoms with Gasteiger partial charge in [-0.05, 0) is 67.5 Å². The third-order valence-electron chi connectivity index (χ3n) is 12.5. The fourth-order valence-electron chi connectivity index (χ4n) is 8.73. The molecule has 3 aliphatic heterocycles. The summed E-state index contributed by atoms with van der Waals surface area (Å²) in [5.74, 6) is -4.77. The molecule has 3 rings (SSSR count). The summed E-state index contributed by atoms with van der Waals surface area (Å²) in [6.07, 6.45) is -7.73. The second kappa shape index (κ2) is 18.1. The molecule has 0 spiro atoms. The Labute approximate surface area is 312 Å². The van der Waals surface area contributed by atoms with E-state index >= 15 is 0 Å². The first kappa shape index (κ1) is 45.1. The molecule has 0 aliphatic carbocycles. The summed E-state index contributed by atoms with van der Waals surface area (Å²) in [4.78, 5) is 30.1. The number of methoxy groups -OCH3 is 1. The van der Waals surface area contributed by atoms with Gasteiger partial charge >= 0.3 is 5.97 Å². The maximum Gasteiger partial charge on any atom is 0.311 e. The van der Waals surface area contributed by atoms with Gasteiger partial charge in [0.25, 0.3) is 0 Å². The molecule has 0 aromatic heterocycles. The highest BCUT2D eigenvalue weighted by Gasteiger charge is 2.52. The van der Waals surface area contributed by atoms with Crippen LogP contribution in [0.3, 0.4) is 0 Å². The monoisotopic (exact) mass is 745 g/mol. The minimum Gasteiger partial charge on any atom is -0.461 e. The molecule has 13 heteroatoms. The standard InChI is InChI=1S/C39H71NO12/c1-15-19(2)32-23(6)30(42)22(5)29(41)20(3)17-38(10,46)35(52-37-31(43)27(40(12)13)16-21(4)48-37)24(7)33(25(8)36(45)51-32)50-28-18-39(11,47-14)34(44)26(9)49-28/h19-28,30-35,37,42-44,46H,15-18H2,1-14H3/t19-,20+,21+,22-,23+,24-,25+,26-,27-,28-,30+,31+,32+,33-,34-,35+,37-,38-,39+/m0/s1. The molecule has 0 bridgehead atoms. The smallest absolute Gasteiger partial charge is 0.311 e. The number of esters is 1. The minimum absolute atomic E-state index is 0.0486. The number of ether oxygens (including phenoxy) is 6. The normalized spacial score (nSPS) is 48.2. The number of rotatable bonds is 8. The van der Waals surface area contributed by atoms with Gasteiger partial charge in [0.1, 0.15) is 24.1 Å². The Morgan fingerprint density at radius 1 is 0.904 bits per heavy atom. The number of aliphatic hydroxyl groups excluding tert-OH is 3. The first-order valence-electron chi connectivity index (χ1n) is 19.3. The van der Waals surface area contributed by atoms with Crippen LogP contribution < -0.4 is 0 Å². The summed E-state index contributed by atoms with van der Waals surface area (Å²) < 4.78 is 37.7. The van der Waals surface area contributed by atoms with Crippen LogP contribution in [0, 0.1) is 35.5 Å². The highest BCUT2D eigenvalue weighted by atomic mass is 16.7. The fourth-order valence-corrected chi connectivity index (χ4v) is 8.73. The van der Waals surface area contributed by atoms with Crippen LogP contribution in [0.15, 0.2) is 0 Å². The summed E-state index contributed by atoms with van der Waals surface area (Å²) in [5.41, 5.74) is -2.75. The van der Waals surface area contributed by atoms with Gasteiger partial charge in [-0.25, -0.2) is 0 Å². The topological polar surface area (TPSA) is 174 Å². The Morgan fingerprint density at radius 2 is 1.52 bits per heavy atom. The van der Waals surface area contributed by atoms with Gasteiger partial charge in [0, 0.05) is 43.2 Å². The summed E-state index contributed by atoms with van der Waals surface area (Å²) in [5, 5.41) is 46.4. The van der Waals surface area contributed by atoms with Crippen LogP contribution in [0.2, 0.25) is 0 Å². The van der Waals surface area contributed by atoms with Crippen LogP contribution in [-0.4, -0.2) is 137 Å². The van der Waals surface area contributed by atoms with Crippen LogP contribution in [0.4, 0.5) is 0 Å². The first-order chi connectivity index (χ1) is 24.0. The highest BCUT2D eigenvalue weighted by molar-refractivity contribution is 5.83. The number of ketones is 1. The van der Waals surface area contributed by atoms with E-state index in [2.05, 4.69) is 0 Å². The molecular weight excluding hydrogens is 674 g/mol. The predicted molar refractivity (Wildman–Crippen MR) is 194 cm³/mol. The Bertz CT molecular complexity index is 1170. The van der Waals surface area contributed by atoms with Crippen molar-refractivity contribution >= 4 is 11.8 Å². The maximum atomic E-state index is 14.3. The molecule has 19 atom stereocenters. The quantitative estimate of drug-likeness (QED) is 0.267. The van der Waals surface area contributed by atoms with Crippen LogP contribution >= 0.6 is 0 Å². The maximum absolute atomic E-state index is 14.3. The SMILES string of the molecule is CC[C@H](C)[C@H]1OC(=O)[C@H](C)[C@@H](O[C@H]2C[C@@](C)(OC)[C@@H](O)[C@H](C)O2)[C@H](C)[C@@H](O[C@@H]2O[C@H](C)C[C@H](N(C)C)[C@H]2O)[C@@](C)(O)C[C@@H](C)C(=O)[C@H](C)[C@@H](O)[C@H]1C. The van der Waals surface area contributed by atoms with Crippen LogP contribution in [0.25, 0.3) is 0 Å². The van der Waals surface area contributed by atoms with E-state index in [1.54, 1.807) is 55.4 Å². The number of likely N-dealkylation sites (N-methyl/N-ethyl adjacent to an activating group) is 1. The number of carbonyl (C=O) groups excluding carboxylic acids is 2. The number of carbonyl (C=O) groups is 2. The van der Waals surface area contributed by atoms with Crippen molar-refractivity contribution in [1.82, 2.24) is 4.90 Å². The van der Waals surface area contributed by atoms with Crippen molar-refractivity contribution in [3.63, 3.8) is 0 Å². The summed E-state index contributed by atoms with van der Waals surface area (Å²) in [6.45, 7) is 19.6. The van der Waals surface area contributed by atoms with Crippen LogP contribution in [0.5, 0.6) is 0 Å². The fraction of sp³-hybridized carbons (Fsp3) is 0.949. The number of hydrogen-bond donors (Lipinski definition) is 4. The third-order valence-corrected chi connectivity index (χ3v) is 12.5. The largest absolute Gasteiger partial charge is 0.461 e. The van der Waals surface area contributed by atoms with Crippen molar-refractivity contribution in [2.24, 2.45) is 35.5 Å². The van der Waals surface area contributed by atoms with Gasteiger partial charge in [0.15, 0.2) is 12.6 Å². The van der Waals surface area contributed by atoms with Gasteiger partial charge in [-0.1, -0.05) is 48.0 Å². The predicted octanol–water partition coefficient (Wildman–Crippen LogP) is 3.31. The molecule has 3 fully saturated rings. The van der Waals surface area contributed by atoms with E-state index in [1.165, 1.54) is 7.11 Å². The summed E-state index contributed by atoms with van der Waals surface area (Å²) in [6, 6.07) is -0.300. The van der Waals surface area contributed by atoms with Gasteiger partial charge in [-0.3, -0.25) is 9.59 Å². The molecular formula is C39H71NO12. The first-order valence-corrected chi connectivity index (χ1v) is 19.3. The lowest BCUT2D eigenvalue weighted by Gasteiger charge is -2.49. The number of cyclic esters (lactones) is 1. The molecule has 13 nitrogen and oxygen atoms in total. The van der Waals surface area contributed by atoms with Gasteiger partial charge in [-0.15, -0.1) is 0 Å². The lowest BCUT2D eigenvalue weighted by atomic mass is 9.74. The molecule has 52 heavy (non-hydrogen) atoms. The number of nitrogens with zero attached hydrogens (tertiary/aromatic N) is 1. The molecule has 0 amide bonds. The second-order valence-corrected chi connectivity index (χ2v) is 17.1. The number of Topliss-reactive ketones (excluding diaryl/α,β-unsaturated/α-hetero) is 1.